The lowest BCUT2D eigenvalue weighted by molar-refractivity contribution is 0.0454. The van der Waals surface area contributed by atoms with Crippen LogP contribution in [-0.4, -0.2) is 19.7 Å². The van der Waals surface area contributed by atoms with Gasteiger partial charge in [-0.2, -0.15) is 0 Å². The van der Waals surface area contributed by atoms with Gasteiger partial charge in [-0.25, -0.2) is 4.79 Å². The van der Waals surface area contributed by atoms with Gasteiger partial charge in [0.25, 0.3) is 0 Å². The Bertz CT molecular complexity index is 972. The minimum atomic E-state index is -0.471. The number of cyclic esters (lactones) is 1. The van der Waals surface area contributed by atoms with Gasteiger partial charge in [0.05, 0.1) is 13.7 Å². The second-order valence-corrected chi connectivity index (χ2v) is 8.62. The molecule has 166 valence electrons. The smallest absolute Gasteiger partial charge is 0.346 e. The Kier molecular flexibility index (Phi) is 7.26. The highest BCUT2D eigenvalue weighted by Crippen LogP contribution is 2.43. The van der Waals surface area contributed by atoms with Crippen LogP contribution >= 0.6 is 0 Å². The summed E-state index contributed by atoms with van der Waals surface area (Å²) in [7, 11) is 1.55. The fraction of sp³-hybridized carbons (Fsp3) is 0.423. The average molecular weight is 425 g/mol. The number of esters is 1. The molecule has 5 nitrogen and oxygen atoms in total. The zero-order valence-corrected chi connectivity index (χ0v) is 19.3. The van der Waals surface area contributed by atoms with Crippen molar-refractivity contribution in [3.63, 3.8) is 0 Å². The van der Waals surface area contributed by atoms with Gasteiger partial charge in [-0.1, -0.05) is 39.8 Å². The van der Waals surface area contributed by atoms with Crippen molar-refractivity contribution in [3.8, 4) is 23.0 Å². The van der Waals surface area contributed by atoms with Crippen LogP contribution in [0.25, 0.3) is 6.08 Å². The Labute approximate surface area is 185 Å². The van der Waals surface area contributed by atoms with Gasteiger partial charge in [0.15, 0.2) is 11.5 Å². The number of fused-ring (bicyclic) bond motifs is 2. The van der Waals surface area contributed by atoms with Crippen molar-refractivity contribution < 1.29 is 23.7 Å². The molecule has 2 aromatic rings. The number of benzene rings is 2. The molecule has 0 fully saturated rings. The van der Waals surface area contributed by atoms with E-state index in [0.717, 1.165) is 23.1 Å². The van der Waals surface area contributed by atoms with E-state index in [2.05, 4.69) is 33.8 Å². The monoisotopic (exact) mass is 424 g/mol. The second-order valence-electron chi connectivity index (χ2n) is 8.62. The molecule has 0 atom stereocenters. The van der Waals surface area contributed by atoms with E-state index in [-0.39, 0.29) is 12.2 Å². The standard InChI is InChI=1S/C26H32O5/c1-16(2)7-8-19-9-10-21-23(25(19)28-6)26(27)30-15-20-13-18(5)14-22(24(20)31-21)29-12-11-17(3)4/h7-10,13-14,16-17H,11-12,15H2,1-6H3/b8-7+. The lowest BCUT2D eigenvalue weighted by Gasteiger charge is -2.23. The van der Waals surface area contributed by atoms with Crippen molar-refractivity contribution in [3.05, 3.63) is 52.6 Å². The summed E-state index contributed by atoms with van der Waals surface area (Å²) in [6.45, 7) is 11.2. The number of hydrogen-bond donors (Lipinski definition) is 0. The molecule has 1 aliphatic rings. The van der Waals surface area contributed by atoms with Crippen LogP contribution in [0.15, 0.2) is 30.3 Å². The molecule has 0 spiro atoms. The number of rotatable bonds is 7. The zero-order valence-electron chi connectivity index (χ0n) is 19.3. The highest BCUT2D eigenvalue weighted by atomic mass is 16.6. The van der Waals surface area contributed by atoms with Gasteiger partial charge in [-0.05, 0) is 55.0 Å². The highest BCUT2D eigenvalue weighted by Gasteiger charge is 2.28. The summed E-state index contributed by atoms with van der Waals surface area (Å²) >= 11 is 0. The fourth-order valence-corrected chi connectivity index (χ4v) is 3.38. The second kappa shape index (κ2) is 9.90. The predicted octanol–water partition coefficient (Wildman–Crippen LogP) is 6.56. The van der Waals surface area contributed by atoms with E-state index in [1.165, 1.54) is 0 Å². The summed E-state index contributed by atoms with van der Waals surface area (Å²) in [4.78, 5) is 12.9. The first-order chi connectivity index (χ1) is 14.8. The van der Waals surface area contributed by atoms with Crippen LogP contribution < -0.4 is 14.2 Å². The van der Waals surface area contributed by atoms with Gasteiger partial charge in [-0.3, -0.25) is 0 Å². The third kappa shape index (κ3) is 5.40. The Morgan fingerprint density at radius 2 is 1.94 bits per heavy atom. The summed E-state index contributed by atoms with van der Waals surface area (Å²) in [6.07, 6.45) is 4.94. The van der Waals surface area contributed by atoms with Crippen LogP contribution in [0.2, 0.25) is 0 Å². The molecule has 2 aromatic carbocycles. The molecule has 0 saturated heterocycles. The SMILES string of the molecule is COc1c(/C=C/C(C)C)ccc2c1C(=O)OCc1cc(C)cc(OCCC(C)C)c1O2. The molecule has 5 heteroatoms. The molecule has 31 heavy (non-hydrogen) atoms. The third-order valence-electron chi connectivity index (χ3n) is 5.02. The molecule has 0 radical (unpaired) electrons. The molecular formula is C26H32O5. The molecule has 0 saturated carbocycles. The van der Waals surface area contributed by atoms with E-state index in [0.29, 0.717) is 41.4 Å². The van der Waals surface area contributed by atoms with Crippen molar-refractivity contribution in [1.29, 1.82) is 0 Å². The van der Waals surface area contributed by atoms with Crippen molar-refractivity contribution in [1.82, 2.24) is 0 Å². The summed E-state index contributed by atoms with van der Waals surface area (Å²) in [5.74, 6) is 2.50. The summed E-state index contributed by atoms with van der Waals surface area (Å²) in [5.41, 5.74) is 2.88. The molecule has 0 bridgehead atoms. The van der Waals surface area contributed by atoms with Crippen molar-refractivity contribution in [2.75, 3.05) is 13.7 Å². The normalized spacial score (nSPS) is 13.4. The van der Waals surface area contributed by atoms with Crippen LogP contribution in [0.3, 0.4) is 0 Å². The predicted molar refractivity (Wildman–Crippen MR) is 122 cm³/mol. The Morgan fingerprint density at radius 3 is 2.61 bits per heavy atom. The molecule has 0 aliphatic carbocycles. The van der Waals surface area contributed by atoms with E-state index in [4.69, 9.17) is 18.9 Å². The number of allylic oxidation sites excluding steroid dienone is 1. The van der Waals surface area contributed by atoms with Crippen LogP contribution in [0.5, 0.6) is 23.0 Å². The van der Waals surface area contributed by atoms with E-state index >= 15 is 0 Å². The summed E-state index contributed by atoms with van der Waals surface area (Å²) in [6, 6.07) is 7.59. The largest absolute Gasteiger partial charge is 0.495 e. The average Bonchev–Trinajstić information content (AvgIpc) is 2.70. The number of ether oxygens (including phenoxy) is 4. The molecule has 0 unspecified atom stereocenters. The number of carbonyl (C=O) groups excluding carboxylic acids is 1. The number of hydrogen-bond acceptors (Lipinski definition) is 5. The molecule has 1 aliphatic heterocycles. The summed E-state index contributed by atoms with van der Waals surface area (Å²) in [5, 5.41) is 0. The van der Waals surface area contributed by atoms with Gasteiger partial charge < -0.3 is 18.9 Å². The van der Waals surface area contributed by atoms with Crippen molar-refractivity contribution in [2.45, 2.75) is 47.6 Å². The van der Waals surface area contributed by atoms with E-state index in [1.54, 1.807) is 13.2 Å². The van der Waals surface area contributed by atoms with Gasteiger partial charge in [0.2, 0.25) is 0 Å². The number of methoxy groups -OCH3 is 1. The van der Waals surface area contributed by atoms with Gasteiger partial charge in [0.1, 0.15) is 23.7 Å². The highest BCUT2D eigenvalue weighted by molar-refractivity contribution is 5.97. The summed E-state index contributed by atoms with van der Waals surface area (Å²) < 4.78 is 23.6. The Balaban J connectivity index is 2.06. The lowest BCUT2D eigenvalue weighted by atomic mass is 10.0. The van der Waals surface area contributed by atoms with Crippen LogP contribution in [0, 0.1) is 18.8 Å². The maximum absolute atomic E-state index is 12.9. The topological polar surface area (TPSA) is 54.0 Å². The van der Waals surface area contributed by atoms with E-state index in [1.807, 2.05) is 31.2 Å². The molecule has 0 amide bonds. The van der Waals surface area contributed by atoms with Crippen LogP contribution in [0.4, 0.5) is 0 Å². The third-order valence-corrected chi connectivity index (χ3v) is 5.02. The molecule has 0 N–H and O–H groups in total. The van der Waals surface area contributed by atoms with E-state index in [9.17, 15) is 4.79 Å². The van der Waals surface area contributed by atoms with Crippen LogP contribution in [-0.2, 0) is 11.3 Å². The zero-order chi connectivity index (χ0) is 22.5. The Hall–Kier alpha value is -2.95. The lowest BCUT2D eigenvalue weighted by Crippen LogP contribution is -2.14. The quantitative estimate of drug-likeness (QED) is 0.471. The van der Waals surface area contributed by atoms with Crippen LogP contribution in [0.1, 0.15) is 61.2 Å². The number of carbonyl (C=O) groups is 1. The minimum Gasteiger partial charge on any atom is -0.495 e. The minimum absolute atomic E-state index is 0.102. The van der Waals surface area contributed by atoms with Gasteiger partial charge in [-0.15, -0.1) is 0 Å². The molecule has 1 heterocycles. The maximum Gasteiger partial charge on any atom is 0.346 e. The van der Waals surface area contributed by atoms with Gasteiger partial charge in [0, 0.05) is 11.1 Å². The van der Waals surface area contributed by atoms with Crippen molar-refractivity contribution >= 4 is 12.0 Å². The van der Waals surface area contributed by atoms with Crippen molar-refractivity contribution in [2.24, 2.45) is 11.8 Å². The molecule has 3 rings (SSSR count). The Morgan fingerprint density at radius 1 is 1.16 bits per heavy atom. The first-order valence-corrected chi connectivity index (χ1v) is 10.8. The molecule has 0 aromatic heterocycles. The first-order valence-electron chi connectivity index (χ1n) is 10.8. The maximum atomic E-state index is 12.9. The molecular weight excluding hydrogens is 392 g/mol. The van der Waals surface area contributed by atoms with E-state index < -0.39 is 5.97 Å². The first kappa shape index (κ1) is 22.7. The fourth-order valence-electron chi connectivity index (χ4n) is 3.38. The van der Waals surface area contributed by atoms with Gasteiger partial charge >= 0.3 is 5.97 Å². The number of aryl methyl sites for hydroxylation is 1.